The molecule has 1 fully saturated rings. The average Bonchev–Trinajstić information content (AvgIpc) is 2.57. The lowest BCUT2D eigenvalue weighted by Gasteiger charge is -2.23. The normalized spacial score (nSPS) is 26.5. The summed E-state index contributed by atoms with van der Waals surface area (Å²) in [7, 11) is 0. The van der Waals surface area contributed by atoms with Crippen molar-refractivity contribution in [2.75, 3.05) is 0 Å². The zero-order valence-corrected chi connectivity index (χ0v) is 10.4. The second-order valence-corrected chi connectivity index (χ2v) is 5.59. The lowest BCUT2D eigenvalue weighted by Crippen LogP contribution is -2.25. The molecule has 3 heteroatoms. The number of aliphatic hydroxyl groups is 1. The molecule has 2 aliphatic rings. The second-order valence-electron chi connectivity index (χ2n) is 5.59. The number of imidazole rings is 1. The molecule has 3 nitrogen and oxygen atoms in total. The fourth-order valence-corrected chi connectivity index (χ4v) is 3.34. The molecule has 1 atom stereocenters. The lowest BCUT2D eigenvalue weighted by atomic mass is 9.96. The monoisotopic (exact) mass is 234 g/mol. The van der Waals surface area contributed by atoms with Gasteiger partial charge >= 0.3 is 0 Å². The molecule has 0 amide bonds. The first-order chi connectivity index (χ1) is 8.34. The molecule has 1 aromatic rings. The van der Waals surface area contributed by atoms with Crippen molar-refractivity contribution in [3.63, 3.8) is 0 Å². The number of aromatic nitrogens is 2. The Balaban J connectivity index is 1.83. The van der Waals surface area contributed by atoms with Gasteiger partial charge in [0, 0.05) is 30.8 Å². The van der Waals surface area contributed by atoms with Crippen molar-refractivity contribution in [1.82, 2.24) is 9.55 Å². The van der Waals surface area contributed by atoms with Crippen LogP contribution in [-0.4, -0.2) is 20.8 Å². The molecule has 0 saturated heterocycles. The highest BCUT2D eigenvalue weighted by Gasteiger charge is 2.24. The number of hydrogen-bond donors (Lipinski definition) is 1. The molecule has 1 aliphatic heterocycles. The zero-order valence-electron chi connectivity index (χ0n) is 10.4. The molecule has 1 aromatic heterocycles. The van der Waals surface area contributed by atoms with Gasteiger partial charge in [-0.15, -0.1) is 0 Å². The highest BCUT2D eigenvalue weighted by molar-refractivity contribution is 5.13. The van der Waals surface area contributed by atoms with Crippen LogP contribution < -0.4 is 0 Å². The molecule has 1 N–H and O–H groups in total. The second kappa shape index (κ2) is 4.81. The maximum absolute atomic E-state index is 9.67. The molecule has 0 bridgehead atoms. The van der Waals surface area contributed by atoms with Crippen molar-refractivity contribution in [3.05, 3.63) is 17.7 Å². The van der Waals surface area contributed by atoms with Gasteiger partial charge in [-0.1, -0.05) is 25.7 Å². The molecule has 1 aliphatic carbocycles. The van der Waals surface area contributed by atoms with Gasteiger partial charge in [-0.2, -0.15) is 0 Å². The van der Waals surface area contributed by atoms with Crippen molar-refractivity contribution in [2.24, 2.45) is 0 Å². The van der Waals surface area contributed by atoms with Crippen LogP contribution in [0, 0.1) is 0 Å². The van der Waals surface area contributed by atoms with E-state index in [1.807, 2.05) is 0 Å². The van der Waals surface area contributed by atoms with Crippen LogP contribution in [0.4, 0.5) is 0 Å². The molecule has 0 aromatic carbocycles. The molecule has 1 saturated carbocycles. The van der Waals surface area contributed by atoms with Crippen molar-refractivity contribution < 1.29 is 5.11 Å². The van der Waals surface area contributed by atoms with Crippen LogP contribution in [0.3, 0.4) is 0 Å². The summed E-state index contributed by atoms with van der Waals surface area (Å²) in [6.45, 7) is 0.961. The predicted octanol–water partition coefficient (Wildman–Crippen LogP) is 2.63. The van der Waals surface area contributed by atoms with Gasteiger partial charge < -0.3 is 9.67 Å². The fraction of sp³-hybridized carbons (Fsp3) is 0.786. The van der Waals surface area contributed by atoms with Crippen LogP contribution in [-0.2, 0) is 13.0 Å². The van der Waals surface area contributed by atoms with Gasteiger partial charge in [0.15, 0.2) is 0 Å². The highest BCUT2D eigenvalue weighted by atomic mass is 16.3. The Labute approximate surface area is 103 Å². The first-order valence-corrected chi connectivity index (χ1v) is 7.07. The van der Waals surface area contributed by atoms with Crippen LogP contribution in [0.25, 0.3) is 0 Å². The standard InChI is InChI=1S/C14H22N2O/c17-12-7-8-16-13(10-15-14(16)9-12)11-5-3-1-2-4-6-11/h10-12,17H,1-9H2. The largest absolute Gasteiger partial charge is 0.393 e. The van der Waals surface area contributed by atoms with Crippen molar-refractivity contribution in [1.29, 1.82) is 0 Å². The average molecular weight is 234 g/mol. The van der Waals surface area contributed by atoms with Gasteiger partial charge in [0.1, 0.15) is 5.82 Å². The maximum Gasteiger partial charge on any atom is 0.111 e. The number of fused-ring (bicyclic) bond motifs is 1. The first kappa shape index (κ1) is 11.3. The van der Waals surface area contributed by atoms with E-state index in [2.05, 4.69) is 15.7 Å². The summed E-state index contributed by atoms with van der Waals surface area (Å²) in [4.78, 5) is 4.52. The number of nitrogens with zero attached hydrogens (tertiary/aromatic N) is 2. The Morgan fingerprint density at radius 3 is 2.65 bits per heavy atom. The predicted molar refractivity (Wildman–Crippen MR) is 67.0 cm³/mol. The summed E-state index contributed by atoms with van der Waals surface area (Å²) in [5, 5.41) is 9.67. The summed E-state index contributed by atoms with van der Waals surface area (Å²) < 4.78 is 2.38. The molecule has 0 spiro atoms. The summed E-state index contributed by atoms with van der Waals surface area (Å²) >= 11 is 0. The van der Waals surface area contributed by atoms with Gasteiger partial charge in [-0.05, 0) is 19.3 Å². The van der Waals surface area contributed by atoms with E-state index in [0.717, 1.165) is 25.2 Å². The summed E-state index contributed by atoms with van der Waals surface area (Å²) in [5.74, 6) is 1.82. The number of hydrogen-bond acceptors (Lipinski definition) is 2. The van der Waals surface area contributed by atoms with E-state index in [9.17, 15) is 5.11 Å². The quantitative estimate of drug-likeness (QED) is 0.759. The summed E-state index contributed by atoms with van der Waals surface area (Å²) in [6.07, 6.45) is 11.7. The zero-order chi connectivity index (χ0) is 11.7. The van der Waals surface area contributed by atoms with Gasteiger partial charge in [-0.25, -0.2) is 4.98 Å². The Morgan fingerprint density at radius 1 is 1.12 bits per heavy atom. The molecular formula is C14H22N2O. The minimum atomic E-state index is -0.174. The van der Waals surface area contributed by atoms with Crippen molar-refractivity contribution in [2.45, 2.75) is 69.9 Å². The Bertz CT molecular complexity index is 378. The first-order valence-electron chi connectivity index (χ1n) is 7.07. The van der Waals surface area contributed by atoms with E-state index >= 15 is 0 Å². The Kier molecular flexibility index (Phi) is 3.19. The van der Waals surface area contributed by atoms with E-state index in [1.165, 1.54) is 44.2 Å². The summed E-state index contributed by atoms with van der Waals surface area (Å²) in [6, 6.07) is 0. The van der Waals surface area contributed by atoms with Crippen molar-refractivity contribution in [3.8, 4) is 0 Å². The van der Waals surface area contributed by atoms with E-state index in [-0.39, 0.29) is 6.10 Å². The summed E-state index contributed by atoms with van der Waals surface area (Å²) in [5.41, 5.74) is 1.44. The lowest BCUT2D eigenvalue weighted by molar-refractivity contribution is 0.140. The van der Waals surface area contributed by atoms with Crippen LogP contribution in [0.1, 0.15) is 62.4 Å². The Morgan fingerprint density at radius 2 is 1.88 bits per heavy atom. The van der Waals surface area contributed by atoms with Crippen molar-refractivity contribution >= 4 is 0 Å². The van der Waals surface area contributed by atoms with E-state index in [1.54, 1.807) is 0 Å². The van der Waals surface area contributed by atoms with Gasteiger partial charge in [-0.3, -0.25) is 0 Å². The van der Waals surface area contributed by atoms with Crippen LogP contribution >= 0.6 is 0 Å². The molecule has 94 valence electrons. The van der Waals surface area contributed by atoms with E-state index in [4.69, 9.17) is 0 Å². The molecule has 3 rings (SSSR count). The molecule has 0 radical (unpaired) electrons. The minimum Gasteiger partial charge on any atom is -0.393 e. The van der Waals surface area contributed by atoms with Gasteiger partial charge in [0.25, 0.3) is 0 Å². The van der Waals surface area contributed by atoms with Crippen LogP contribution in [0.2, 0.25) is 0 Å². The fourth-order valence-electron chi connectivity index (χ4n) is 3.34. The smallest absolute Gasteiger partial charge is 0.111 e. The van der Waals surface area contributed by atoms with Gasteiger partial charge in [0.05, 0.1) is 6.10 Å². The molecule has 1 unspecified atom stereocenters. The topological polar surface area (TPSA) is 38.0 Å². The maximum atomic E-state index is 9.67. The SMILES string of the molecule is OC1CCn2c(C3CCCCCC3)cnc2C1. The third-order valence-electron chi connectivity index (χ3n) is 4.35. The Hall–Kier alpha value is -0.830. The third kappa shape index (κ3) is 2.25. The van der Waals surface area contributed by atoms with Crippen LogP contribution in [0.15, 0.2) is 6.20 Å². The van der Waals surface area contributed by atoms with Crippen LogP contribution in [0.5, 0.6) is 0 Å². The highest BCUT2D eigenvalue weighted by Crippen LogP contribution is 2.33. The molecular weight excluding hydrogens is 212 g/mol. The molecule has 17 heavy (non-hydrogen) atoms. The van der Waals surface area contributed by atoms with E-state index in [0.29, 0.717) is 5.92 Å². The number of aliphatic hydroxyl groups excluding tert-OH is 1. The minimum absolute atomic E-state index is 0.174. The molecule has 2 heterocycles. The van der Waals surface area contributed by atoms with E-state index < -0.39 is 0 Å². The number of rotatable bonds is 1. The third-order valence-corrected chi connectivity index (χ3v) is 4.35. The van der Waals surface area contributed by atoms with Gasteiger partial charge in [0.2, 0.25) is 0 Å².